The number of allylic oxidation sites excluding steroid dienone is 1. The topological polar surface area (TPSA) is 12.0 Å². The van der Waals surface area contributed by atoms with Crippen LogP contribution >= 0.6 is 0 Å². The lowest BCUT2D eigenvalue weighted by atomic mass is 9.94. The highest BCUT2D eigenvalue weighted by atomic mass is 14.8. The average molecular weight is 237 g/mol. The molecule has 0 aromatic heterocycles. The average Bonchev–Trinajstić information content (AvgIpc) is 2.40. The summed E-state index contributed by atoms with van der Waals surface area (Å²) >= 11 is 0. The van der Waals surface area contributed by atoms with E-state index in [0.29, 0.717) is 0 Å². The smallest absolute Gasteiger partial charge is 0.0337 e. The zero-order chi connectivity index (χ0) is 13.0. The summed E-state index contributed by atoms with van der Waals surface area (Å²) in [6.45, 7) is 4.32. The molecule has 2 aromatic carbocycles. The van der Waals surface area contributed by atoms with Gasteiger partial charge in [-0.2, -0.15) is 0 Å². The molecule has 18 heavy (non-hydrogen) atoms. The van der Waals surface area contributed by atoms with Gasteiger partial charge < -0.3 is 5.32 Å². The zero-order valence-corrected chi connectivity index (χ0v) is 11.2. The summed E-state index contributed by atoms with van der Waals surface area (Å²) in [6.07, 6.45) is 0. The molecular weight excluding hydrogens is 218 g/mol. The summed E-state index contributed by atoms with van der Waals surface area (Å²) in [5.74, 6) is 0. The third kappa shape index (κ3) is 2.62. The first-order chi connectivity index (χ1) is 8.72. The fraction of sp³-hybridized carbons (Fsp3) is 0.176. The molecule has 0 bridgehead atoms. The van der Waals surface area contributed by atoms with Crippen LogP contribution in [0.15, 0.2) is 60.2 Å². The second kappa shape index (κ2) is 5.54. The van der Waals surface area contributed by atoms with Gasteiger partial charge in [0, 0.05) is 12.7 Å². The van der Waals surface area contributed by atoms with Gasteiger partial charge in [0.25, 0.3) is 0 Å². The largest absolute Gasteiger partial charge is 0.388 e. The summed E-state index contributed by atoms with van der Waals surface area (Å²) in [4.78, 5) is 0. The van der Waals surface area contributed by atoms with Crippen molar-refractivity contribution < 1.29 is 0 Å². The minimum atomic E-state index is 1.14. The Kier molecular flexibility index (Phi) is 3.83. The van der Waals surface area contributed by atoms with Crippen LogP contribution in [0.4, 0.5) is 5.69 Å². The monoisotopic (exact) mass is 237 g/mol. The highest BCUT2D eigenvalue weighted by molar-refractivity contribution is 5.82. The van der Waals surface area contributed by atoms with Gasteiger partial charge in [-0.05, 0) is 42.7 Å². The summed E-state index contributed by atoms with van der Waals surface area (Å²) in [6, 6.07) is 19.1. The standard InChI is InChI=1S/C17H19N/c1-13(2)17(14-7-5-4-6-8-14)15-9-11-16(18-3)12-10-15/h4-12,18H,1-3H3. The van der Waals surface area contributed by atoms with Crippen LogP contribution in [0.3, 0.4) is 0 Å². The van der Waals surface area contributed by atoms with Crippen LogP contribution in [0.5, 0.6) is 0 Å². The van der Waals surface area contributed by atoms with Crippen molar-refractivity contribution in [2.75, 3.05) is 12.4 Å². The molecule has 1 heteroatoms. The third-order valence-electron chi connectivity index (χ3n) is 3.02. The van der Waals surface area contributed by atoms with Crippen molar-refractivity contribution in [2.24, 2.45) is 0 Å². The maximum atomic E-state index is 3.15. The first-order valence-electron chi connectivity index (χ1n) is 6.23. The number of anilines is 1. The molecule has 0 fully saturated rings. The minimum absolute atomic E-state index is 1.14. The summed E-state index contributed by atoms with van der Waals surface area (Å²) < 4.78 is 0. The molecular formula is C17H19N. The van der Waals surface area contributed by atoms with Gasteiger partial charge in [-0.25, -0.2) is 0 Å². The van der Waals surface area contributed by atoms with Crippen molar-refractivity contribution in [1.82, 2.24) is 0 Å². The molecule has 2 aromatic rings. The first kappa shape index (κ1) is 12.4. The molecule has 0 aliphatic rings. The number of benzene rings is 2. The Labute approximate surface area is 109 Å². The van der Waals surface area contributed by atoms with Crippen molar-refractivity contribution in [3.8, 4) is 0 Å². The van der Waals surface area contributed by atoms with E-state index in [9.17, 15) is 0 Å². The van der Waals surface area contributed by atoms with Crippen LogP contribution in [-0.4, -0.2) is 7.05 Å². The van der Waals surface area contributed by atoms with E-state index in [1.165, 1.54) is 22.3 Å². The van der Waals surface area contributed by atoms with Crippen LogP contribution in [0.2, 0.25) is 0 Å². The minimum Gasteiger partial charge on any atom is -0.388 e. The van der Waals surface area contributed by atoms with E-state index < -0.39 is 0 Å². The molecule has 0 unspecified atom stereocenters. The highest BCUT2D eigenvalue weighted by Gasteiger charge is 2.06. The third-order valence-corrected chi connectivity index (χ3v) is 3.02. The van der Waals surface area contributed by atoms with Gasteiger partial charge in [0.2, 0.25) is 0 Å². The van der Waals surface area contributed by atoms with Gasteiger partial charge in [-0.15, -0.1) is 0 Å². The van der Waals surface area contributed by atoms with E-state index in [4.69, 9.17) is 0 Å². The van der Waals surface area contributed by atoms with Gasteiger partial charge >= 0.3 is 0 Å². The Hall–Kier alpha value is -2.02. The molecule has 0 aliphatic heterocycles. The maximum Gasteiger partial charge on any atom is 0.0337 e. The maximum absolute atomic E-state index is 3.15. The quantitative estimate of drug-likeness (QED) is 0.824. The Morgan fingerprint density at radius 2 is 1.33 bits per heavy atom. The molecule has 0 heterocycles. The van der Waals surface area contributed by atoms with Gasteiger partial charge in [-0.3, -0.25) is 0 Å². The number of rotatable bonds is 3. The molecule has 0 saturated carbocycles. The van der Waals surface area contributed by atoms with Crippen LogP contribution in [0, 0.1) is 0 Å². The molecule has 0 spiro atoms. The SMILES string of the molecule is CNc1ccc(C(=C(C)C)c2ccccc2)cc1. The van der Waals surface area contributed by atoms with Crippen molar-refractivity contribution in [3.63, 3.8) is 0 Å². The number of hydrogen-bond acceptors (Lipinski definition) is 1. The van der Waals surface area contributed by atoms with Crippen molar-refractivity contribution in [3.05, 3.63) is 71.3 Å². The van der Waals surface area contributed by atoms with E-state index in [1.54, 1.807) is 0 Å². The van der Waals surface area contributed by atoms with E-state index in [0.717, 1.165) is 5.69 Å². The lowest BCUT2D eigenvalue weighted by Crippen LogP contribution is -1.92. The first-order valence-corrected chi connectivity index (χ1v) is 6.23. The molecule has 0 atom stereocenters. The summed E-state index contributed by atoms with van der Waals surface area (Å²) in [5.41, 5.74) is 6.33. The van der Waals surface area contributed by atoms with Crippen molar-refractivity contribution >= 4 is 11.3 Å². The molecule has 0 saturated heterocycles. The lowest BCUT2D eigenvalue weighted by Gasteiger charge is -2.11. The Balaban J connectivity index is 2.47. The molecule has 2 rings (SSSR count). The molecule has 0 radical (unpaired) electrons. The fourth-order valence-electron chi connectivity index (χ4n) is 2.15. The zero-order valence-electron chi connectivity index (χ0n) is 11.2. The number of nitrogens with one attached hydrogen (secondary N) is 1. The predicted molar refractivity (Wildman–Crippen MR) is 79.8 cm³/mol. The predicted octanol–water partition coefficient (Wildman–Crippen LogP) is 4.57. The van der Waals surface area contributed by atoms with Crippen LogP contribution < -0.4 is 5.32 Å². The Bertz CT molecular complexity index is 532. The molecule has 0 aliphatic carbocycles. The van der Waals surface area contributed by atoms with Crippen LogP contribution in [0.25, 0.3) is 5.57 Å². The highest BCUT2D eigenvalue weighted by Crippen LogP contribution is 2.27. The number of hydrogen-bond donors (Lipinski definition) is 1. The van der Waals surface area contributed by atoms with E-state index in [-0.39, 0.29) is 0 Å². The molecule has 1 nitrogen and oxygen atoms in total. The summed E-state index contributed by atoms with van der Waals surface area (Å²) in [7, 11) is 1.94. The lowest BCUT2D eigenvalue weighted by molar-refractivity contribution is 1.37. The Morgan fingerprint density at radius 1 is 0.778 bits per heavy atom. The van der Waals surface area contributed by atoms with E-state index in [2.05, 4.69) is 73.8 Å². The Morgan fingerprint density at radius 3 is 1.83 bits per heavy atom. The molecule has 0 amide bonds. The van der Waals surface area contributed by atoms with Crippen molar-refractivity contribution in [1.29, 1.82) is 0 Å². The van der Waals surface area contributed by atoms with Gasteiger partial charge in [0.05, 0.1) is 0 Å². The van der Waals surface area contributed by atoms with Crippen LogP contribution in [-0.2, 0) is 0 Å². The molecule has 92 valence electrons. The second-order valence-electron chi connectivity index (χ2n) is 4.57. The van der Waals surface area contributed by atoms with Gasteiger partial charge in [0.1, 0.15) is 0 Å². The van der Waals surface area contributed by atoms with Gasteiger partial charge in [-0.1, -0.05) is 48.0 Å². The van der Waals surface area contributed by atoms with E-state index in [1.807, 2.05) is 7.05 Å². The fourth-order valence-corrected chi connectivity index (χ4v) is 2.15. The van der Waals surface area contributed by atoms with Crippen LogP contribution in [0.1, 0.15) is 25.0 Å². The van der Waals surface area contributed by atoms with Crippen molar-refractivity contribution in [2.45, 2.75) is 13.8 Å². The summed E-state index contributed by atoms with van der Waals surface area (Å²) in [5, 5.41) is 3.15. The normalized spacial score (nSPS) is 9.94. The van der Waals surface area contributed by atoms with E-state index >= 15 is 0 Å². The van der Waals surface area contributed by atoms with Gasteiger partial charge in [0.15, 0.2) is 0 Å². The molecule has 1 N–H and O–H groups in total. The second-order valence-corrected chi connectivity index (χ2v) is 4.57.